The van der Waals surface area contributed by atoms with E-state index >= 15 is 0 Å². The number of alkyl halides is 3. The Kier molecular flexibility index (Phi) is 7.50. The van der Waals surface area contributed by atoms with Crippen molar-refractivity contribution in [3.8, 4) is 17.2 Å². The molecule has 2 rings (SSSR count). The van der Waals surface area contributed by atoms with Crippen LogP contribution in [0.4, 0.5) is 13.2 Å². The number of rotatable bonds is 8. The fraction of sp³-hybridized carbons (Fsp3) is 0.381. The molecule has 0 fully saturated rings. The zero-order valence-corrected chi connectivity index (χ0v) is 16.8. The predicted octanol–water partition coefficient (Wildman–Crippen LogP) is 4.95. The molecule has 0 bridgehead atoms. The number of hydrogen-bond acceptors (Lipinski definition) is 5. The summed E-state index contributed by atoms with van der Waals surface area (Å²) in [6.45, 7) is 3.53. The quantitative estimate of drug-likeness (QED) is 0.494. The van der Waals surface area contributed by atoms with Crippen LogP contribution in [0.3, 0.4) is 0 Å². The fourth-order valence-electron chi connectivity index (χ4n) is 2.55. The van der Waals surface area contributed by atoms with Gasteiger partial charge in [0.2, 0.25) is 0 Å². The molecule has 2 atom stereocenters. The van der Waals surface area contributed by atoms with Gasteiger partial charge >= 0.3 is 6.18 Å². The van der Waals surface area contributed by atoms with Crippen molar-refractivity contribution in [1.82, 2.24) is 5.01 Å². The number of nitrogens with zero attached hydrogens (tertiary/aromatic N) is 2. The van der Waals surface area contributed by atoms with Gasteiger partial charge in [0.05, 0.1) is 17.4 Å². The Balaban J connectivity index is 2.02. The van der Waals surface area contributed by atoms with Crippen molar-refractivity contribution < 1.29 is 27.8 Å². The van der Waals surface area contributed by atoms with Crippen LogP contribution in [0.25, 0.3) is 0 Å². The van der Waals surface area contributed by atoms with Gasteiger partial charge in [-0.2, -0.15) is 18.3 Å². The summed E-state index contributed by atoms with van der Waals surface area (Å²) in [5.41, 5.74) is -0.0231. The molecule has 0 amide bonds. The van der Waals surface area contributed by atoms with Gasteiger partial charge in [-0.05, 0) is 62.4 Å². The molecule has 0 aromatic heterocycles. The smallest absolute Gasteiger partial charge is 0.416 e. The lowest BCUT2D eigenvalue weighted by molar-refractivity contribution is -0.137. The lowest BCUT2D eigenvalue weighted by Gasteiger charge is -2.20. The van der Waals surface area contributed by atoms with Crippen molar-refractivity contribution in [3.05, 3.63) is 54.1 Å². The summed E-state index contributed by atoms with van der Waals surface area (Å²) in [7, 11) is 3.59. The first-order valence-electron chi connectivity index (χ1n) is 9.09. The summed E-state index contributed by atoms with van der Waals surface area (Å²) < 4.78 is 49.3. The Bertz CT molecular complexity index is 801. The number of benzene rings is 2. The second-order valence-electron chi connectivity index (χ2n) is 6.85. The van der Waals surface area contributed by atoms with Crippen molar-refractivity contribution in [2.75, 3.05) is 14.1 Å². The van der Waals surface area contributed by atoms with Crippen LogP contribution in [-0.2, 0) is 6.18 Å². The van der Waals surface area contributed by atoms with Gasteiger partial charge in [-0.25, -0.2) is 0 Å². The minimum atomic E-state index is -4.38. The largest absolute Gasteiger partial charge is 0.485 e. The Hall–Kier alpha value is -2.74. The van der Waals surface area contributed by atoms with Gasteiger partial charge in [0.25, 0.3) is 0 Å². The Morgan fingerprint density at radius 2 is 1.45 bits per heavy atom. The molecule has 0 aliphatic carbocycles. The highest BCUT2D eigenvalue weighted by atomic mass is 19.4. The highest BCUT2D eigenvalue weighted by Crippen LogP contribution is 2.31. The molecule has 29 heavy (non-hydrogen) atoms. The zero-order chi connectivity index (χ0) is 21.6. The van der Waals surface area contributed by atoms with Gasteiger partial charge in [0, 0.05) is 20.5 Å². The third-order valence-electron chi connectivity index (χ3n) is 3.86. The summed E-state index contributed by atoms with van der Waals surface area (Å²) in [5.74, 6) is 1.35. The average Bonchev–Trinajstić information content (AvgIpc) is 2.61. The third kappa shape index (κ3) is 7.30. The fourth-order valence-corrected chi connectivity index (χ4v) is 2.55. The summed E-state index contributed by atoms with van der Waals surface area (Å²) in [6.07, 6.45) is -4.89. The normalized spacial score (nSPS) is 14.3. The molecule has 0 aliphatic rings. The Morgan fingerprint density at radius 1 is 0.966 bits per heavy atom. The number of aliphatic hydroxyl groups is 1. The van der Waals surface area contributed by atoms with E-state index in [4.69, 9.17) is 9.47 Å². The van der Waals surface area contributed by atoms with Crippen LogP contribution in [0.1, 0.15) is 25.8 Å². The van der Waals surface area contributed by atoms with E-state index in [2.05, 4.69) is 5.10 Å². The van der Waals surface area contributed by atoms with Crippen molar-refractivity contribution in [3.63, 3.8) is 0 Å². The molecular formula is C21H25F3N2O3. The lowest BCUT2D eigenvalue weighted by atomic mass is 10.1. The second kappa shape index (κ2) is 9.65. The van der Waals surface area contributed by atoms with Crippen LogP contribution in [-0.4, -0.2) is 42.1 Å². The molecule has 0 saturated heterocycles. The minimum Gasteiger partial charge on any atom is -0.485 e. The van der Waals surface area contributed by atoms with Crippen LogP contribution < -0.4 is 9.47 Å². The van der Waals surface area contributed by atoms with Gasteiger partial charge in [-0.15, -0.1) is 0 Å². The van der Waals surface area contributed by atoms with Crippen LogP contribution in [0.2, 0.25) is 0 Å². The maximum Gasteiger partial charge on any atom is 0.416 e. The number of hydrazone groups is 1. The topological polar surface area (TPSA) is 54.3 Å². The van der Waals surface area contributed by atoms with Crippen LogP contribution in [0, 0.1) is 0 Å². The summed E-state index contributed by atoms with van der Waals surface area (Å²) >= 11 is 0. The molecule has 0 heterocycles. The van der Waals surface area contributed by atoms with Crippen molar-refractivity contribution >= 4 is 5.71 Å². The van der Waals surface area contributed by atoms with Gasteiger partial charge in [-0.1, -0.05) is 0 Å². The van der Waals surface area contributed by atoms with Gasteiger partial charge < -0.3 is 19.6 Å². The molecule has 5 nitrogen and oxygen atoms in total. The second-order valence-corrected chi connectivity index (χ2v) is 6.85. The van der Waals surface area contributed by atoms with E-state index in [1.807, 2.05) is 6.92 Å². The maximum atomic E-state index is 12.6. The van der Waals surface area contributed by atoms with E-state index in [1.54, 1.807) is 50.3 Å². The number of halogens is 3. The van der Waals surface area contributed by atoms with Crippen LogP contribution >= 0.6 is 0 Å². The minimum absolute atomic E-state index is 0.303. The highest BCUT2D eigenvalue weighted by Gasteiger charge is 2.30. The lowest BCUT2D eigenvalue weighted by Crippen LogP contribution is -2.29. The molecule has 158 valence electrons. The maximum absolute atomic E-state index is 12.6. The Morgan fingerprint density at radius 3 is 1.90 bits per heavy atom. The monoisotopic (exact) mass is 410 g/mol. The summed E-state index contributed by atoms with van der Waals surface area (Å²) in [4.78, 5) is 0. The molecule has 2 unspecified atom stereocenters. The third-order valence-corrected chi connectivity index (χ3v) is 3.86. The molecule has 0 radical (unpaired) electrons. The van der Waals surface area contributed by atoms with Crippen LogP contribution in [0.5, 0.6) is 17.2 Å². The van der Waals surface area contributed by atoms with E-state index < -0.39 is 17.8 Å². The van der Waals surface area contributed by atoms with E-state index in [9.17, 15) is 18.3 Å². The molecule has 2 aromatic rings. The first kappa shape index (κ1) is 22.5. The molecule has 1 N–H and O–H groups in total. The molecule has 0 spiro atoms. The highest BCUT2D eigenvalue weighted by molar-refractivity contribution is 5.88. The SMILES string of the molecule is CC(O)CC(=NN(C)C)C(C)Oc1ccc(Oc2ccc(C(F)(F)F)cc2)cc1. The van der Waals surface area contributed by atoms with E-state index in [0.717, 1.165) is 12.1 Å². The summed E-state index contributed by atoms with van der Waals surface area (Å²) in [5, 5.41) is 15.7. The predicted molar refractivity (Wildman–Crippen MR) is 105 cm³/mol. The van der Waals surface area contributed by atoms with Crippen molar-refractivity contribution in [2.24, 2.45) is 5.10 Å². The number of aliphatic hydroxyl groups excluding tert-OH is 1. The zero-order valence-electron chi connectivity index (χ0n) is 16.8. The van der Waals surface area contributed by atoms with Gasteiger partial charge in [-0.3, -0.25) is 0 Å². The number of hydrogen-bond donors (Lipinski definition) is 1. The van der Waals surface area contributed by atoms with Gasteiger partial charge in [0.15, 0.2) is 0 Å². The molecule has 0 aliphatic heterocycles. The molecule has 2 aromatic carbocycles. The molecule has 8 heteroatoms. The van der Waals surface area contributed by atoms with Crippen molar-refractivity contribution in [1.29, 1.82) is 0 Å². The van der Waals surface area contributed by atoms with E-state index in [1.165, 1.54) is 12.1 Å². The van der Waals surface area contributed by atoms with E-state index in [0.29, 0.717) is 29.4 Å². The van der Waals surface area contributed by atoms with Crippen molar-refractivity contribution in [2.45, 2.75) is 38.7 Å². The van der Waals surface area contributed by atoms with E-state index in [-0.39, 0.29) is 6.10 Å². The van der Waals surface area contributed by atoms with Crippen LogP contribution in [0.15, 0.2) is 53.6 Å². The van der Waals surface area contributed by atoms with Gasteiger partial charge in [0.1, 0.15) is 23.4 Å². The number of ether oxygens (including phenoxy) is 2. The molecular weight excluding hydrogens is 385 g/mol. The standard InChI is InChI=1S/C21H25F3N2O3/c1-14(27)13-20(25-26(3)4)15(2)28-17-9-11-19(12-10-17)29-18-7-5-16(6-8-18)21(22,23)24/h5-12,14-15,27H,13H2,1-4H3. The first-order chi connectivity index (χ1) is 13.5. The first-order valence-corrected chi connectivity index (χ1v) is 9.09. The average molecular weight is 410 g/mol. The summed E-state index contributed by atoms with van der Waals surface area (Å²) in [6, 6.07) is 11.2. The Labute approximate surface area is 168 Å². The molecule has 0 saturated carbocycles.